The van der Waals surface area contributed by atoms with Gasteiger partial charge in [0.2, 0.25) is 5.76 Å². The number of nitro groups is 1. The Hall–Kier alpha value is -3.48. The minimum absolute atomic E-state index is 0.0114. The predicted octanol–water partition coefficient (Wildman–Crippen LogP) is 2.88. The number of carbonyl (C=O) groups excluding carboxylic acids is 1. The Morgan fingerprint density at radius 3 is 2.64 bits per heavy atom. The highest BCUT2D eigenvalue weighted by Crippen LogP contribution is 2.37. The van der Waals surface area contributed by atoms with Crippen LogP contribution in [-0.4, -0.2) is 22.8 Å². The third kappa shape index (κ3) is 2.13. The molecule has 1 atom stereocenters. The zero-order valence-electron chi connectivity index (χ0n) is 13.1. The molecule has 1 aliphatic rings. The van der Waals surface area contributed by atoms with Gasteiger partial charge < -0.3 is 9.32 Å². The van der Waals surface area contributed by atoms with Crippen molar-refractivity contribution < 1.29 is 14.1 Å². The van der Waals surface area contributed by atoms with Crippen LogP contribution in [0, 0.1) is 10.1 Å². The van der Waals surface area contributed by atoms with Crippen molar-refractivity contribution in [1.29, 1.82) is 0 Å². The van der Waals surface area contributed by atoms with Crippen molar-refractivity contribution >= 4 is 22.6 Å². The molecule has 1 amide bonds. The van der Waals surface area contributed by atoms with Gasteiger partial charge in [-0.15, -0.1) is 0 Å². The first-order valence-corrected chi connectivity index (χ1v) is 7.56. The fourth-order valence-electron chi connectivity index (χ4n) is 3.23. The average Bonchev–Trinajstić information content (AvgIpc) is 2.87. The molecule has 0 spiro atoms. The van der Waals surface area contributed by atoms with Gasteiger partial charge in [-0.25, -0.2) is 0 Å². The maximum absolute atomic E-state index is 12.9. The summed E-state index contributed by atoms with van der Waals surface area (Å²) in [4.78, 5) is 37.4. The smallest absolute Gasteiger partial charge is 0.290 e. The van der Waals surface area contributed by atoms with Crippen molar-refractivity contribution in [3.63, 3.8) is 0 Å². The number of hydrogen-bond acceptors (Lipinski definition) is 5. The molecular formula is C18H12N2O5. The zero-order chi connectivity index (χ0) is 17.7. The molecular weight excluding hydrogens is 324 g/mol. The number of benzene rings is 2. The summed E-state index contributed by atoms with van der Waals surface area (Å²) in [7, 11) is 1.55. The molecule has 0 saturated carbocycles. The Morgan fingerprint density at radius 1 is 1.12 bits per heavy atom. The van der Waals surface area contributed by atoms with Gasteiger partial charge in [-0.05, 0) is 17.7 Å². The number of amides is 1. The van der Waals surface area contributed by atoms with Crippen molar-refractivity contribution in [2.24, 2.45) is 0 Å². The van der Waals surface area contributed by atoms with E-state index in [1.165, 1.54) is 23.1 Å². The number of rotatable bonds is 2. The lowest BCUT2D eigenvalue weighted by Gasteiger charge is -2.20. The highest BCUT2D eigenvalue weighted by Gasteiger charge is 2.40. The lowest BCUT2D eigenvalue weighted by Crippen LogP contribution is -2.25. The third-order valence-electron chi connectivity index (χ3n) is 4.41. The summed E-state index contributed by atoms with van der Waals surface area (Å²) >= 11 is 0. The molecule has 0 radical (unpaired) electrons. The molecule has 124 valence electrons. The minimum Gasteiger partial charge on any atom is -0.450 e. The number of non-ortho nitro benzene ring substituents is 1. The predicted molar refractivity (Wildman–Crippen MR) is 89.5 cm³/mol. The van der Waals surface area contributed by atoms with Gasteiger partial charge in [-0.2, -0.15) is 0 Å². The molecule has 0 aliphatic carbocycles. The number of carbonyl (C=O) groups is 1. The first kappa shape index (κ1) is 15.1. The summed E-state index contributed by atoms with van der Waals surface area (Å²) < 4.78 is 5.67. The Morgan fingerprint density at radius 2 is 1.88 bits per heavy atom. The highest BCUT2D eigenvalue weighted by atomic mass is 16.6. The van der Waals surface area contributed by atoms with Crippen LogP contribution in [0.3, 0.4) is 0 Å². The summed E-state index contributed by atoms with van der Waals surface area (Å²) in [5.41, 5.74) is 0.647. The molecule has 25 heavy (non-hydrogen) atoms. The van der Waals surface area contributed by atoms with Crippen LogP contribution in [0.25, 0.3) is 11.0 Å². The average molecular weight is 336 g/mol. The van der Waals surface area contributed by atoms with Crippen molar-refractivity contribution in [3.8, 4) is 0 Å². The van der Waals surface area contributed by atoms with Crippen LogP contribution in [-0.2, 0) is 0 Å². The van der Waals surface area contributed by atoms with Crippen molar-refractivity contribution in [3.05, 3.63) is 85.8 Å². The first-order valence-electron chi connectivity index (χ1n) is 7.56. The number of fused-ring (bicyclic) bond motifs is 2. The highest BCUT2D eigenvalue weighted by molar-refractivity contribution is 5.98. The second kappa shape index (κ2) is 5.27. The fraction of sp³-hybridized carbons (Fsp3) is 0.111. The van der Waals surface area contributed by atoms with Crippen LogP contribution in [0.5, 0.6) is 0 Å². The molecule has 3 aromatic rings. The Balaban J connectivity index is 2.00. The zero-order valence-corrected chi connectivity index (χ0v) is 13.1. The topological polar surface area (TPSA) is 93.7 Å². The van der Waals surface area contributed by atoms with Gasteiger partial charge in [0.1, 0.15) is 5.58 Å². The van der Waals surface area contributed by atoms with E-state index in [0.717, 1.165) is 0 Å². The SMILES string of the molecule is CN1C(=O)c2oc3ccccc3c(=O)c2[C@@H]1c1cccc([N+](=O)[O-])c1. The maximum Gasteiger partial charge on any atom is 0.290 e. The first-order chi connectivity index (χ1) is 12.0. The van der Waals surface area contributed by atoms with Gasteiger partial charge in [0.15, 0.2) is 5.43 Å². The molecule has 0 saturated heterocycles. The third-order valence-corrected chi connectivity index (χ3v) is 4.41. The van der Waals surface area contributed by atoms with E-state index in [0.29, 0.717) is 16.5 Å². The molecule has 0 bridgehead atoms. The molecule has 1 aliphatic heterocycles. The van der Waals surface area contributed by atoms with Crippen LogP contribution in [0.15, 0.2) is 57.7 Å². The normalized spacial score (nSPS) is 16.3. The molecule has 0 unspecified atom stereocenters. The largest absolute Gasteiger partial charge is 0.450 e. The van der Waals surface area contributed by atoms with Gasteiger partial charge in [0.05, 0.1) is 21.9 Å². The number of hydrogen-bond donors (Lipinski definition) is 0. The number of nitro benzene ring substituents is 1. The lowest BCUT2D eigenvalue weighted by molar-refractivity contribution is -0.384. The second-order valence-electron chi connectivity index (χ2n) is 5.84. The van der Waals surface area contributed by atoms with Crippen molar-refractivity contribution in [2.45, 2.75) is 6.04 Å². The quantitative estimate of drug-likeness (QED) is 0.530. The summed E-state index contributed by atoms with van der Waals surface area (Å²) in [6.45, 7) is 0. The fourth-order valence-corrected chi connectivity index (χ4v) is 3.23. The van der Waals surface area contributed by atoms with Gasteiger partial charge in [0, 0.05) is 19.2 Å². The van der Waals surface area contributed by atoms with E-state index < -0.39 is 16.9 Å². The van der Waals surface area contributed by atoms with E-state index in [1.807, 2.05) is 0 Å². The summed E-state index contributed by atoms with van der Waals surface area (Å²) in [6, 6.07) is 11.9. The minimum atomic E-state index is -0.719. The van der Waals surface area contributed by atoms with Crippen molar-refractivity contribution in [2.75, 3.05) is 7.05 Å². The summed E-state index contributed by atoms with van der Waals surface area (Å²) in [5.74, 6) is -0.433. The van der Waals surface area contributed by atoms with E-state index in [4.69, 9.17) is 4.42 Å². The van der Waals surface area contributed by atoms with Gasteiger partial charge in [0.25, 0.3) is 11.6 Å². The molecule has 0 fully saturated rings. The summed E-state index contributed by atoms with van der Waals surface area (Å²) in [6.07, 6.45) is 0. The van der Waals surface area contributed by atoms with Crippen LogP contribution >= 0.6 is 0 Å². The Kier molecular flexibility index (Phi) is 3.18. The molecule has 2 aromatic carbocycles. The number of nitrogens with zero attached hydrogens (tertiary/aromatic N) is 2. The van der Waals surface area contributed by atoms with Gasteiger partial charge in [-0.1, -0.05) is 24.3 Å². The number of para-hydroxylation sites is 1. The molecule has 1 aromatic heterocycles. The van der Waals surface area contributed by atoms with Crippen LogP contribution in [0.1, 0.15) is 27.7 Å². The monoisotopic (exact) mass is 336 g/mol. The summed E-state index contributed by atoms with van der Waals surface area (Å²) in [5, 5.41) is 11.4. The standard InChI is InChI=1S/C18H12N2O5/c1-19-15(10-5-4-6-11(9-10)20(23)24)14-16(21)12-7-2-3-8-13(12)25-17(14)18(19)22/h2-9,15H,1H3/t15-/m0/s1. The van der Waals surface area contributed by atoms with E-state index in [9.17, 15) is 19.7 Å². The Labute approximate surface area is 141 Å². The van der Waals surface area contributed by atoms with E-state index in [-0.39, 0.29) is 22.4 Å². The van der Waals surface area contributed by atoms with E-state index in [1.54, 1.807) is 37.4 Å². The van der Waals surface area contributed by atoms with E-state index >= 15 is 0 Å². The molecule has 2 heterocycles. The van der Waals surface area contributed by atoms with Crippen LogP contribution in [0.4, 0.5) is 5.69 Å². The maximum atomic E-state index is 12.9. The lowest BCUT2D eigenvalue weighted by atomic mass is 9.98. The van der Waals surface area contributed by atoms with Crippen LogP contribution in [0.2, 0.25) is 0 Å². The molecule has 7 heteroatoms. The van der Waals surface area contributed by atoms with E-state index in [2.05, 4.69) is 0 Å². The van der Waals surface area contributed by atoms with Crippen LogP contribution < -0.4 is 5.43 Å². The second-order valence-corrected chi connectivity index (χ2v) is 5.84. The van der Waals surface area contributed by atoms with Crippen molar-refractivity contribution in [1.82, 2.24) is 4.90 Å². The van der Waals surface area contributed by atoms with Gasteiger partial charge >= 0.3 is 0 Å². The Bertz CT molecular complexity index is 1100. The molecule has 0 N–H and O–H groups in total. The molecule has 7 nitrogen and oxygen atoms in total. The molecule has 4 rings (SSSR count). The van der Waals surface area contributed by atoms with Gasteiger partial charge in [-0.3, -0.25) is 19.7 Å².